The lowest BCUT2D eigenvalue weighted by Crippen LogP contribution is -1.97. The van der Waals surface area contributed by atoms with Crippen molar-refractivity contribution in [2.45, 2.75) is 0 Å². The molecule has 0 amide bonds. The van der Waals surface area contributed by atoms with Crippen molar-refractivity contribution in [1.29, 1.82) is 0 Å². The molecule has 0 bridgehead atoms. The van der Waals surface area contributed by atoms with E-state index < -0.39 is 0 Å². The molecular formula is C13H12N4S. The zero-order chi connectivity index (χ0) is 12.5. The SMILES string of the molecule is Nc1ccc(Nc2ccc3ncsc3c2)c(N)c1. The lowest BCUT2D eigenvalue weighted by Gasteiger charge is -2.09. The summed E-state index contributed by atoms with van der Waals surface area (Å²) in [7, 11) is 0. The Morgan fingerprint density at radius 2 is 1.94 bits per heavy atom. The summed E-state index contributed by atoms with van der Waals surface area (Å²) in [4.78, 5) is 4.25. The number of benzene rings is 2. The number of hydrogen-bond acceptors (Lipinski definition) is 5. The molecule has 0 fully saturated rings. The number of aromatic nitrogens is 1. The van der Waals surface area contributed by atoms with Crippen LogP contribution in [0, 0.1) is 0 Å². The van der Waals surface area contributed by atoms with Crippen molar-refractivity contribution in [2.75, 3.05) is 16.8 Å². The number of nitrogens with two attached hydrogens (primary N) is 2. The highest BCUT2D eigenvalue weighted by molar-refractivity contribution is 7.16. The Labute approximate surface area is 108 Å². The van der Waals surface area contributed by atoms with Crippen molar-refractivity contribution in [2.24, 2.45) is 0 Å². The van der Waals surface area contributed by atoms with E-state index in [9.17, 15) is 0 Å². The topological polar surface area (TPSA) is 77.0 Å². The smallest absolute Gasteiger partial charge is 0.0813 e. The van der Waals surface area contributed by atoms with Crippen molar-refractivity contribution in [3.05, 3.63) is 41.9 Å². The van der Waals surface area contributed by atoms with Crippen LogP contribution in [0.25, 0.3) is 10.2 Å². The van der Waals surface area contributed by atoms with E-state index >= 15 is 0 Å². The average Bonchev–Trinajstić information content (AvgIpc) is 2.80. The summed E-state index contributed by atoms with van der Waals surface area (Å²) < 4.78 is 1.15. The molecule has 0 saturated heterocycles. The Kier molecular flexibility index (Phi) is 2.53. The standard InChI is InChI=1S/C13H12N4S/c14-8-1-3-11(10(15)5-8)17-9-2-4-12-13(6-9)18-7-16-12/h1-7,17H,14-15H2. The number of rotatable bonds is 2. The Bertz CT molecular complexity index is 705. The molecule has 3 rings (SSSR count). The summed E-state index contributed by atoms with van der Waals surface area (Å²) in [6.45, 7) is 0. The van der Waals surface area contributed by atoms with Gasteiger partial charge in [-0.2, -0.15) is 0 Å². The summed E-state index contributed by atoms with van der Waals surface area (Å²) in [6.07, 6.45) is 0. The first-order valence-corrected chi connectivity index (χ1v) is 6.35. The van der Waals surface area contributed by atoms with Gasteiger partial charge in [0.25, 0.3) is 0 Å². The van der Waals surface area contributed by atoms with Crippen LogP contribution in [-0.4, -0.2) is 4.98 Å². The van der Waals surface area contributed by atoms with Crippen molar-refractivity contribution in [1.82, 2.24) is 4.98 Å². The zero-order valence-electron chi connectivity index (χ0n) is 9.55. The second-order valence-corrected chi connectivity index (χ2v) is 4.89. The maximum atomic E-state index is 5.91. The quantitative estimate of drug-likeness (QED) is 0.615. The molecule has 2 aromatic carbocycles. The maximum Gasteiger partial charge on any atom is 0.0813 e. The molecule has 0 aliphatic carbocycles. The Morgan fingerprint density at radius 1 is 1.06 bits per heavy atom. The predicted octanol–water partition coefficient (Wildman–Crippen LogP) is 3.20. The van der Waals surface area contributed by atoms with Gasteiger partial charge in [-0.25, -0.2) is 4.98 Å². The molecule has 0 aliphatic rings. The highest BCUT2D eigenvalue weighted by Gasteiger charge is 2.02. The summed E-state index contributed by atoms with van der Waals surface area (Å²) in [6, 6.07) is 11.5. The minimum Gasteiger partial charge on any atom is -0.399 e. The van der Waals surface area contributed by atoms with E-state index in [4.69, 9.17) is 11.5 Å². The van der Waals surface area contributed by atoms with E-state index in [1.807, 2.05) is 29.8 Å². The van der Waals surface area contributed by atoms with Crippen LogP contribution in [0.1, 0.15) is 0 Å². The van der Waals surface area contributed by atoms with Crippen LogP contribution < -0.4 is 16.8 Å². The summed E-state index contributed by atoms with van der Waals surface area (Å²) >= 11 is 1.62. The van der Waals surface area contributed by atoms with E-state index in [-0.39, 0.29) is 0 Å². The lowest BCUT2D eigenvalue weighted by atomic mass is 10.2. The van der Waals surface area contributed by atoms with Gasteiger partial charge in [0.15, 0.2) is 0 Å². The first kappa shape index (κ1) is 10.9. The molecule has 0 atom stereocenters. The van der Waals surface area contributed by atoms with Gasteiger partial charge in [-0.05, 0) is 36.4 Å². The molecule has 18 heavy (non-hydrogen) atoms. The van der Waals surface area contributed by atoms with Gasteiger partial charge in [0.1, 0.15) is 0 Å². The second-order valence-electron chi connectivity index (χ2n) is 4.01. The fourth-order valence-corrected chi connectivity index (χ4v) is 2.50. The van der Waals surface area contributed by atoms with Gasteiger partial charge in [0.2, 0.25) is 0 Å². The van der Waals surface area contributed by atoms with Gasteiger partial charge in [-0.1, -0.05) is 0 Å². The average molecular weight is 256 g/mol. The third-order valence-corrected chi connectivity index (χ3v) is 3.48. The molecule has 0 radical (unpaired) electrons. The van der Waals surface area contributed by atoms with Crippen LogP contribution in [0.2, 0.25) is 0 Å². The van der Waals surface area contributed by atoms with Crippen molar-refractivity contribution in [3.63, 3.8) is 0 Å². The maximum absolute atomic E-state index is 5.91. The highest BCUT2D eigenvalue weighted by atomic mass is 32.1. The van der Waals surface area contributed by atoms with E-state index in [2.05, 4.69) is 16.4 Å². The Morgan fingerprint density at radius 3 is 2.78 bits per heavy atom. The number of nitrogens with one attached hydrogen (secondary N) is 1. The molecule has 5 N–H and O–H groups in total. The monoisotopic (exact) mass is 256 g/mol. The first-order valence-electron chi connectivity index (χ1n) is 5.48. The third kappa shape index (κ3) is 1.96. The fourth-order valence-electron chi connectivity index (χ4n) is 1.78. The van der Waals surface area contributed by atoms with Gasteiger partial charge >= 0.3 is 0 Å². The largest absolute Gasteiger partial charge is 0.399 e. The van der Waals surface area contributed by atoms with Crippen molar-refractivity contribution >= 4 is 44.3 Å². The van der Waals surface area contributed by atoms with Gasteiger partial charge in [-0.3, -0.25) is 0 Å². The number of hydrogen-bond donors (Lipinski definition) is 3. The van der Waals surface area contributed by atoms with Crippen molar-refractivity contribution in [3.8, 4) is 0 Å². The van der Waals surface area contributed by atoms with E-state index in [1.165, 1.54) is 0 Å². The van der Waals surface area contributed by atoms with Gasteiger partial charge < -0.3 is 16.8 Å². The zero-order valence-corrected chi connectivity index (χ0v) is 10.4. The van der Waals surface area contributed by atoms with Crippen LogP contribution in [0.15, 0.2) is 41.9 Å². The third-order valence-electron chi connectivity index (χ3n) is 2.69. The van der Waals surface area contributed by atoms with E-state index in [0.29, 0.717) is 11.4 Å². The molecular weight excluding hydrogens is 244 g/mol. The molecule has 0 aliphatic heterocycles. The normalized spacial score (nSPS) is 10.7. The highest BCUT2D eigenvalue weighted by Crippen LogP contribution is 2.28. The molecule has 1 heterocycles. The van der Waals surface area contributed by atoms with Crippen LogP contribution >= 0.6 is 11.3 Å². The molecule has 0 spiro atoms. The number of thiazole rings is 1. The van der Waals surface area contributed by atoms with Gasteiger partial charge in [0.05, 0.1) is 27.1 Å². The predicted molar refractivity (Wildman–Crippen MR) is 78.2 cm³/mol. The van der Waals surface area contributed by atoms with Crippen LogP contribution in [0.4, 0.5) is 22.7 Å². The van der Waals surface area contributed by atoms with Crippen molar-refractivity contribution < 1.29 is 0 Å². The second kappa shape index (κ2) is 4.19. The number of nitrogen functional groups attached to an aromatic ring is 2. The first-order chi connectivity index (χ1) is 8.72. The summed E-state index contributed by atoms with van der Waals surface area (Å²) in [5.74, 6) is 0. The summed E-state index contributed by atoms with van der Waals surface area (Å²) in [5.41, 5.74) is 17.6. The van der Waals surface area contributed by atoms with Gasteiger partial charge in [0, 0.05) is 11.4 Å². The Hall–Kier alpha value is -2.27. The molecule has 0 saturated carbocycles. The van der Waals surface area contributed by atoms with E-state index in [0.717, 1.165) is 21.6 Å². The molecule has 1 aromatic heterocycles. The molecule has 90 valence electrons. The number of fused-ring (bicyclic) bond motifs is 1. The van der Waals surface area contributed by atoms with Crippen LogP contribution in [-0.2, 0) is 0 Å². The summed E-state index contributed by atoms with van der Waals surface area (Å²) in [5, 5.41) is 3.28. The molecule has 3 aromatic rings. The molecule has 0 unspecified atom stereocenters. The van der Waals surface area contributed by atoms with Crippen LogP contribution in [0.5, 0.6) is 0 Å². The minimum atomic E-state index is 0.638. The van der Waals surface area contributed by atoms with E-state index in [1.54, 1.807) is 17.4 Å². The molecule has 5 heteroatoms. The Balaban J connectivity index is 1.95. The fraction of sp³-hybridized carbons (Fsp3) is 0. The van der Waals surface area contributed by atoms with Crippen LogP contribution in [0.3, 0.4) is 0 Å². The number of anilines is 4. The minimum absolute atomic E-state index is 0.638. The lowest BCUT2D eigenvalue weighted by molar-refractivity contribution is 1.49. The van der Waals surface area contributed by atoms with Gasteiger partial charge in [-0.15, -0.1) is 11.3 Å². The molecule has 4 nitrogen and oxygen atoms in total. The number of nitrogens with zero attached hydrogens (tertiary/aromatic N) is 1.